The molecule has 5 heteroatoms. The van der Waals surface area contributed by atoms with Gasteiger partial charge in [0.25, 0.3) is 0 Å². The second kappa shape index (κ2) is 7.38. The summed E-state index contributed by atoms with van der Waals surface area (Å²) in [4.78, 5) is 0. The molecule has 0 bridgehead atoms. The second-order valence-electron chi connectivity index (χ2n) is 5.81. The van der Waals surface area contributed by atoms with Crippen LogP contribution in [-0.2, 0) is 10.0 Å². The van der Waals surface area contributed by atoms with E-state index in [0.29, 0.717) is 25.6 Å². The predicted molar refractivity (Wildman–Crippen MR) is 86.9 cm³/mol. The number of rotatable bonds is 7. The van der Waals surface area contributed by atoms with Crippen molar-refractivity contribution in [3.05, 3.63) is 35.9 Å². The Morgan fingerprint density at radius 2 is 2.05 bits per heavy atom. The third kappa shape index (κ3) is 4.05. The molecule has 0 amide bonds. The fraction of sp³-hybridized carbons (Fsp3) is 0.625. The van der Waals surface area contributed by atoms with Crippen molar-refractivity contribution >= 4 is 10.0 Å². The highest BCUT2D eigenvalue weighted by atomic mass is 32.2. The van der Waals surface area contributed by atoms with E-state index in [1.165, 1.54) is 5.56 Å². The fourth-order valence-corrected chi connectivity index (χ4v) is 4.38. The lowest BCUT2D eigenvalue weighted by Gasteiger charge is -2.22. The summed E-state index contributed by atoms with van der Waals surface area (Å²) in [6, 6.07) is 10.2. The van der Waals surface area contributed by atoms with Crippen LogP contribution in [0.25, 0.3) is 0 Å². The second-order valence-corrected chi connectivity index (χ2v) is 8.17. The summed E-state index contributed by atoms with van der Waals surface area (Å²) >= 11 is 0. The molecule has 0 aromatic heterocycles. The highest BCUT2D eigenvalue weighted by molar-refractivity contribution is 7.89. The van der Waals surface area contributed by atoms with E-state index in [9.17, 15) is 8.42 Å². The van der Waals surface area contributed by atoms with Crippen LogP contribution in [0.2, 0.25) is 0 Å². The highest BCUT2D eigenvalue weighted by Crippen LogP contribution is 2.29. The third-order valence-electron chi connectivity index (χ3n) is 4.15. The Labute approximate surface area is 128 Å². The van der Waals surface area contributed by atoms with Crippen LogP contribution >= 0.6 is 0 Å². The lowest BCUT2D eigenvalue weighted by Crippen LogP contribution is -2.41. The van der Waals surface area contributed by atoms with Gasteiger partial charge in [0, 0.05) is 19.6 Å². The molecule has 1 fully saturated rings. The summed E-state index contributed by atoms with van der Waals surface area (Å²) in [5.41, 5.74) is 1.24. The van der Waals surface area contributed by atoms with Gasteiger partial charge in [-0.2, -0.15) is 0 Å². The first-order valence-corrected chi connectivity index (χ1v) is 9.30. The van der Waals surface area contributed by atoms with Gasteiger partial charge in [-0.25, -0.2) is 12.7 Å². The number of nitrogens with one attached hydrogen (secondary N) is 1. The molecule has 1 aliphatic rings. The topological polar surface area (TPSA) is 49.4 Å². The number of hydrogen-bond acceptors (Lipinski definition) is 3. The molecule has 0 radical (unpaired) electrons. The van der Waals surface area contributed by atoms with E-state index >= 15 is 0 Å². The van der Waals surface area contributed by atoms with E-state index in [1.807, 2.05) is 18.2 Å². The molecule has 2 rings (SSSR count). The van der Waals surface area contributed by atoms with Crippen LogP contribution in [0.15, 0.2) is 30.3 Å². The molecule has 118 valence electrons. The van der Waals surface area contributed by atoms with Crippen LogP contribution in [0.3, 0.4) is 0 Å². The van der Waals surface area contributed by atoms with E-state index < -0.39 is 10.0 Å². The van der Waals surface area contributed by atoms with E-state index in [0.717, 1.165) is 19.4 Å². The third-order valence-corrected chi connectivity index (χ3v) is 6.38. The molecule has 1 aromatic rings. The summed E-state index contributed by atoms with van der Waals surface area (Å²) in [5, 5.41) is 2.84. The maximum Gasteiger partial charge on any atom is 0.217 e. The largest absolute Gasteiger partial charge is 0.315 e. The van der Waals surface area contributed by atoms with Crippen molar-refractivity contribution in [3.8, 4) is 0 Å². The number of hydrogen-bond donors (Lipinski definition) is 1. The zero-order chi connectivity index (χ0) is 15.3. The Balaban J connectivity index is 1.96. The first kappa shape index (κ1) is 16.5. The molecule has 0 aliphatic carbocycles. The standard InChI is InChI=1S/C16H26N2O2S/c1-3-10-17-12-14(2)21(19,20)18-11-9-16(13-18)15-7-5-4-6-8-15/h4-8,14,16-17H,3,9-13H2,1-2H3. The molecule has 2 atom stereocenters. The highest BCUT2D eigenvalue weighted by Gasteiger charge is 2.35. The van der Waals surface area contributed by atoms with Gasteiger partial charge in [0.05, 0.1) is 5.25 Å². The normalized spacial score (nSPS) is 21.5. The van der Waals surface area contributed by atoms with Gasteiger partial charge in [-0.3, -0.25) is 0 Å². The monoisotopic (exact) mass is 310 g/mol. The molecule has 21 heavy (non-hydrogen) atoms. The first-order valence-electron chi connectivity index (χ1n) is 7.80. The van der Waals surface area contributed by atoms with Crippen molar-refractivity contribution in [1.82, 2.24) is 9.62 Å². The van der Waals surface area contributed by atoms with Crippen LogP contribution < -0.4 is 5.32 Å². The van der Waals surface area contributed by atoms with Crippen LogP contribution in [0.5, 0.6) is 0 Å². The lowest BCUT2D eigenvalue weighted by atomic mass is 9.99. The van der Waals surface area contributed by atoms with E-state index in [2.05, 4.69) is 24.4 Å². The van der Waals surface area contributed by atoms with Gasteiger partial charge in [0.1, 0.15) is 0 Å². The fourth-order valence-electron chi connectivity index (χ4n) is 2.80. The van der Waals surface area contributed by atoms with Crippen molar-refractivity contribution in [2.45, 2.75) is 37.9 Å². The van der Waals surface area contributed by atoms with Gasteiger partial charge in [0.2, 0.25) is 10.0 Å². The zero-order valence-corrected chi connectivity index (χ0v) is 13.8. The van der Waals surface area contributed by atoms with Crippen molar-refractivity contribution in [2.75, 3.05) is 26.2 Å². The number of sulfonamides is 1. The Morgan fingerprint density at radius 1 is 1.33 bits per heavy atom. The van der Waals surface area contributed by atoms with E-state index in [4.69, 9.17) is 0 Å². The molecule has 4 nitrogen and oxygen atoms in total. The number of nitrogens with zero attached hydrogens (tertiary/aromatic N) is 1. The van der Waals surface area contributed by atoms with Crippen molar-refractivity contribution < 1.29 is 8.42 Å². The molecule has 1 aliphatic heterocycles. The molecule has 1 N–H and O–H groups in total. The molecule has 2 unspecified atom stereocenters. The van der Waals surface area contributed by atoms with Crippen molar-refractivity contribution in [3.63, 3.8) is 0 Å². The summed E-state index contributed by atoms with van der Waals surface area (Å²) in [5.74, 6) is 0.330. The minimum Gasteiger partial charge on any atom is -0.315 e. The Kier molecular flexibility index (Phi) is 5.79. The van der Waals surface area contributed by atoms with Gasteiger partial charge in [-0.05, 0) is 37.8 Å². The van der Waals surface area contributed by atoms with Gasteiger partial charge in [-0.1, -0.05) is 37.3 Å². The van der Waals surface area contributed by atoms with Crippen molar-refractivity contribution in [1.29, 1.82) is 0 Å². The average Bonchev–Trinajstić information content (AvgIpc) is 2.99. The van der Waals surface area contributed by atoms with Crippen LogP contribution in [0.4, 0.5) is 0 Å². The summed E-state index contributed by atoms with van der Waals surface area (Å²) < 4.78 is 26.8. The van der Waals surface area contributed by atoms with Gasteiger partial charge < -0.3 is 5.32 Å². The molecule has 1 heterocycles. The smallest absolute Gasteiger partial charge is 0.217 e. The van der Waals surface area contributed by atoms with Crippen molar-refractivity contribution in [2.24, 2.45) is 0 Å². The predicted octanol–water partition coefficient (Wildman–Crippen LogP) is 2.19. The van der Waals surface area contributed by atoms with Gasteiger partial charge in [-0.15, -0.1) is 0 Å². The Bertz CT molecular complexity index is 530. The average molecular weight is 310 g/mol. The summed E-state index contributed by atoms with van der Waals surface area (Å²) in [6.07, 6.45) is 1.94. The molecular weight excluding hydrogens is 284 g/mol. The molecule has 0 saturated carbocycles. The Hall–Kier alpha value is -0.910. The quantitative estimate of drug-likeness (QED) is 0.786. The molecule has 1 aromatic carbocycles. The van der Waals surface area contributed by atoms with Crippen LogP contribution in [0, 0.1) is 0 Å². The molecular formula is C16H26N2O2S. The minimum atomic E-state index is -3.19. The van der Waals surface area contributed by atoms with Gasteiger partial charge >= 0.3 is 0 Å². The summed E-state index contributed by atoms with van der Waals surface area (Å²) in [6.45, 7) is 6.53. The maximum atomic E-state index is 12.6. The van der Waals surface area contributed by atoms with Crippen LogP contribution in [0.1, 0.15) is 38.2 Å². The maximum absolute atomic E-state index is 12.6. The van der Waals surface area contributed by atoms with Crippen LogP contribution in [-0.4, -0.2) is 44.2 Å². The van der Waals surface area contributed by atoms with E-state index in [1.54, 1.807) is 11.2 Å². The summed E-state index contributed by atoms with van der Waals surface area (Å²) in [7, 11) is -3.19. The van der Waals surface area contributed by atoms with Gasteiger partial charge in [0.15, 0.2) is 0 Å². The Morgan fingerprint density at radius 3 is 2.71 bits per heavy atom. The zero-order valence-electron chi connectivity index (χ0n) is 13.0. The SMILES string of the molecule is CCCNCC(C)S(=O)(=O)N1CCC(c2ccccc2)C1. The molecule has 1 saturated heterocycles. The minimum absolute atomic E-state index is 0.330. The molecule has 0 spiro atoms. The lowest BCUT2D eigenvalue weighted by molar-refractivity contribution is 0.459. The first-order chi connectivity index (χ1) is 10.1. The van der Waals surface area contributed by atoms with E-state index in [-0.39, 0.29) is 5.25 Å². The number of benzene rings is 1.